The van der Waals surface area contributed by atoms with Gasteiger partial charge in [-0.05, 0) is 13.0 Å². The zero-order valence-corrected chi connectivity index (χ0v) is 8.67. The Morgan fingerprint density at radius 2 is 2.33 bits per heavy atom. The molecule has 0 unspecified atom stereocenters. The van der Waals surface area contributed by atoms with Crippen molar-refractivity contribution < 1.29 is 19.3 Å². The van der Waals surface area contributed by atoms with Crippen LogP contribution in [0.5, 0.6) is 0 Å². The van der Waals surface area contributed by atoms with Crippen LogP contribution in [-0.4, -0.2) is 23.5 Å². The van der Waals surface area contributed by atoms with E-state index in [1.54, 1.807) is 36.9 Å². The van der Waals surface area contributed by atoms with Crippen LogP contribution < -0.4 is 4.57 Å². The van der Waals surface area contributed by atoms with Gasteiger partial charge in [0.1, 0.15) is 7.05 Å². The topological polar surface area (TPSA) is 62.8 Å². The lowest BCUT2D eigenvalue weighted by Crippen LogP contribution is -2.38. The molecule has 0 aliphatic heterocycles. The quantitative estimate of drug-likeness (QED) is 0.255. The van der Waals surface area contributed by atoms with Crippen molar-refractivity contribution in [2.75, 3.05) is 6.61 Å². The summed E-state index contributed by atoms with van der Waals surface area (Å²) >= 11 is 0. The maximum absolute atomic E-state index is 11.4. The fraction of sp³-hybridized carbons (Fsp3) is 0.300. The van der Waals surface area contributed by atoms with Gasteiger partial charge in [0.15, 0.2) is 6.20 Å². The summed E-state index contributed by atoms with van der Waals surface area (Å²) < 4.78 is 6.43. The van der Waals surface area contributed by atoms with Crippen molar-refractivity contribution in [3.8, 4) is 0 Å². The summed E-state index contributed by atoms with van der Waals surface area (Å²) in [6, 6.07) is 5.23. The molecule has 0 spiro atoms. The van der Waals surface area contributed by atoms with E-state index in [1.165, 1.54) is 0 Å². The van der Waals surface area contributed by atoms with Crippen LogP contribution in [0.4, 0.5) is 0 Å². The largest absolute Gasteiger partial charge is 0.461 e. The SMILES string of the molecule is CCOC(=O)/C(=N\O)c1cccc[n+]1C. The molecule has 1 rings (SSSR count). The fourth-order valence-electron chi connectivity index (χ4n) is 1.17. The molecule has 0 fully saturated rings. The first kappa shape index (κ1) is 11.2. The second-order valence-electron chi connectivity index (χ2n) is 2.87. The Morgan fingerprint density at radius 1 is 1.60 bits per heavy atom. The maximum atomic E-state index is 11.4. The summed E-state index contributed by atoms with van der Waals surface area (Å²) in [6.45, 7) is 1.94. The molecule has 0 aliphatic rings. The smallest absolute Gasteiger partial charge is 0.367 e. The van der Waals surface area contributed by atoms with E-state index in [0.717, 1.165) is 0 Å². The van der Waals surface area contributed by atoms with Crippen molar-refractivity contribution in [2.45, 2.75) is 6.92 Å². The van der Waals surface area contributed by atoms with Crippen molar-refractivity contribution >= 4 is 11.7 Å². The number of hydrogen-bond donors (Lipinski definition) is 1. The first-order valence-corrected chi connectivity index (χ1v) is 4.55. The number of hydrogen-bond acceptors (Lipinski definition) is 4. The normalized spacial score (nSPS) is 11.2. The number of carbonyl (C=O) groups is 1. The summed E-state index contributed by atoms with van der Waals surface area (Å²) in [5, 5.41) is 11.7. The summed E-state index contributed by atoms with van der Waals surface area (Å²) in [7, 11) is 1.75. The number of ether oxygens (including phenoxy) is 1. The van der Waals surface area contributed by atoms with E-state index >= 15 is 0 Å². The van der Waals surface area contributed by atoms with Crippen LogP contribution in [-0.2, 0) is 16.6 Å². The number of rotatable bonds is 3. The van der Waals surface area contributed by atoms with Gasteiger partial charge in [0.2, 0.25) is 5.69 Å². The van der Waals surface area contributed by atoms with E-state index in [9.17, 15) is 4.79 Å². The minimum atomic E-state index is -0.637. The standard InChI is InChI=1S/C10H12N2O3/c1-3-15-10(13)9(11-14)8-6-4-5-7-12(8)2/h4-7H,3H2,1-2H3/p+1. The van der Waals surface area contributed by atoms with Gasteiger partial charge in [-0.1, -0.05) is 5.16 Å². The van der Waals surface area contributed by atoms with E-state index in [-0.39, 0.29) is 12.3 Å². The molecule has 1 heterocycles. The molecule has 0 radical (unpaired) electrons. The molecule has 15 heavy (non-hydrogen) atoms. The first-order valence-electron chi connectivity index (χ1n) is 4.55. The molecule has 5 heteroatoms. The van der Waals surface area contributed by atoms with E-state index in [0.29, 0.717) is 5.69 Å². The van der Waals surface area contributed by atoms with E-state index in [1.807, 2.05) is 6.07 Å². The third-order valence-corrected chi connectivity index (χ3v) is 1.87. The minimum absolute atomic E-state index is 0.0973. The monoisotopic (exact) mass is 209 g/mol. The van der Waals surface area contributed by atoms with Crippen molar-refractivity contribution in [2.24, 2.45) is 12.2 Å². The zero-order chi connectivity index (χ0) is 11.3. The summed E-state index contributed by atoms with van der Waals surface area (Å²) in [5.41, 5.74) is 0.401. The molecule has 1 N–H and O–H groups in total. The molecule has 5 nitrogen and oxygen atoms in total. The van der Waals surface area contributed by atoms with Crippen LogP contribution in [0.2, 0.25) is 0 Å². The molecule has 0 atom stereocenters. The second-order valence-corrected chi connectivity index (χ2v) is 2.87. The summed E-state index contributed by atoms with van der Waals surface area (Å²) in [5.74, 6) is -0.637. The predicted molar refractivity (Wildman–Crippen MR) is 52.6 cm³/mol. The minimum Gasteiger partial charge on any atom is -0.461 e. The molecule has 1 aromatic rings. The van der Waals surface area contributed by atoms with Gasteiger partial charge < -0.3 is 9.94 Å². The van der Waals surface area contributed by atoms with Gasteiger partial charge >= 0.3 is 5.97 Å². The molecule has 0 amide bonds. The van der Waals surface area contributed by atoms with Crippen LogP contribution >= 0.6 is 0 Å². The Bertz CT molecular complexity index is 388. The van der Waals surface area contributed by atoms with Crippen molar-refractivity contribution in [3.05, 3.63) is 30.1 Å². The van der Waals surface area contributed by atoms with Gasteiger partial charge in [0, 0.05) is 12.1 Å². The highest BCUT2D eigenvalue weighted by Gasteiger charge is 2.23. The van der Waals surface area contributed by atoms with Gasteiger partial charge in [-0.3, -0.25) is 0 Å². The van der Waals surface area contributed by atoms with E-state index in [2.05, 4.69) is 5.16 Å². The Balaban J connectivity index is 3.04. The van der Waals surface area contributed by atoms with Crippen molar-refractivity contribution in [1.82, 2.24) is 0 Å². The molecule has 80 valence electrons. The van der Waals surface area contributed by atoms with Crippen LogP contribution in [0.15, 0.2) is 29.6 Å². The lowest BCUT2D eigenvalue weighted by molar-refractivity contribution is -0.672. The van der Waals surface area contributed by atoms with Crippen LogP contribution in [0.1, 0.15) is 12.6 Å². The lowest BCUT2D eigenvalue weighted by atomic mass is 10.2. The molecule has 0 aromatic carbocycles. The van der Waals surface area contributed by atoms with Gasteiger partial charge in [0.05, 0.1) is 6.61 Å². The number of oxime groups is 1. The molecular weight excluding hydrogens is 196 g/mol. The number of pyridine rings is 1. The van der Waals surface area contributed by atoms with Gasteiger partial charge in [-0.25, -0.2) is 4.79 Å². The molecule has 0 saturated carbocycles. The third kappa shape index (κ3) is 2.52. The predicted octanol–water partition coefficient (Wildman–Crippen LogP) is 0.252. The Hall–Kier alpha value is -1.91. The van der Waals surface area contributed by atoms with Crippen LogP contribution in [0.25, 0.3) is 0 Å². The Morgan fingerprint density at radius 3 is 2.87 bits per heavy atom. The van der Waals surface area contributed by atoms with Crippen molar-refractivity contribution in [1.29, 1.82) is 0 Å². The van der Waals surface area contributed by atoms with E-state index < -0.39 is 5.97 Å². The highest BCUT2D eigenvalue weighted by atomic mass is 16.5. The van der Waals surface area contributed by atoms with E-state index in [4.69, 9.17) is 9.94 Å². The Kier molecular flexibility index (Phi) is 3.79. The second kappa shape index (κ2) is 5.09. The average Bonchev–Trinajstić information content (AvgIpc) is 2.22. The first-order chi connectivity index (χ1) is 7.20. The van der Waals surface area contributed by atoms with Crippen molar-refractivity contribution in [3.63, 3.8) is 0 Å². The molecule has 1 aromatic heterocycles. The fourth-order valence-corrected chi connectivity index (χ4v) is 1.17. The highest BCUT2D eigenvalue weighted by Crippen LogP contribution is 1.97. The van der Waals surface area contributed by atoms with Gasteiger partial charge in [-0.15, -0.1) is 0 Å². The average molecular weight is 209 g/mol. The molecular formula is C10H13N2O3+. The Labute approximate surface area is 87.6 Å². The highest BCUT2D eigenvalue weighted by molar-refractivity contribution is 6.42. The van der Waals surface area contributed by atoms with Crippen LogP contribution in [0, 0.1) is 0 Å². The molecule has 0 bridgehead atoms. The molecule has 0 saturated heterocycles. The number of esters is 1. The van der Waals surface area contributed by atoms with Gasteiger partial charge in [0.25, 0.3) is 5.71 Å². The number of carbonyl (C=O) groups excluding carboxylic acids is 1. The molecule has 0 aliphatic carbocycles. The number of aromatic nitrogens is 1. The number of nitrogens with zero attached hydrogens (tertiary/aromatic N) is 2. The zero-order valence-electron chi connectivity index (χ0n) is 8.67. The summed E-state index contributed by atoms with van der Waals surface area (Å²) in [4.78, 5) is 11.4. The summed E-state index contributed by atoms with van der Waals surface area (Å²) in [6.07, 6.45) is 1.75. The number of aryl methyl sites for hydroxylation is 1. The maximum Gasteiger partial charge on any atom is 0.367 e. The third-order valence-electron chi connectivity index (χ3n) is 1.87. The van der Waals surface area contributed by atoms with Crippen LogP contribution in [0.3, 0.4) is 0 Å². The van der Waals surface area contributed by atoms with Gasteiger partial charge in [-0.2, -0.15) is 4.57 Å². The lowest BCUT2D eigenvalue weighted by Gasteiger charge is -2.01.